The van der Waals surface area contributed by atoms with Gasteiger partial charge in [0.25, 0.3) is 5.69 Å². The largest absolute Gasteiger partial charge is 0.449 e. The number of nitro groups is 1. The van der Waals surface area contributed by atoms with Gasteiger partial charge in [0, 0.05) is 30.3 Å². The van der Waals surface area contributed by atoms with Gasteiger partial charge in [0.15, 0.2) is 6.10 Å². The zero-order valence-electron chi connectivity index (χ0n) is 17.0. The molecule has 0 unspecified atom stereocenters. The number of fused-ring (bicyclic) bond motifs is 3. The molecule has 5 rings (SSSR count). The average molecular weight is 414 g/mol. The topological polar surface area (TPSA) is 72.7 Å². The molecular formula is C25H22N2O4. The van der Waals surface area contributed by atoms with E-state index in [1.165, 1.54) is 6.07 Å². The Morgan fingerprint density at radius 3 is 2.13 bits per heavy atom. The second-order valence-corrected chi connectivity index (χ2v) is 7.97. The summed E-state index contributed by atoms with van der Waals surface area (Å²) >= 11 is 0. The van der Waals surface area contributed by atoms with Crippen molar-refractivity contribution < 1.29 is 14.5 Å². The van der Waals surface area contributed by atoms with Gasteiger partial charge in [-0.25, -0.2) is 4.79 Å². The minimum Gasteiger partial charge on any atom is -0.449 e. The normalized spacial score (nSPS) is 15.3. The Labute approximate surface area is 180 Å². The molecular weight excluding hydrogens is 392 g/mol. The maximum absolute atomic E-state index is 13.0. The highest BCUT2D eigenvalue weighted by molar-refractivity contribution is 5.92. The lowest BCUT2D eigenvalue weighted by atomic mass is 10.1. The molecule has 0 amide bonds. The lowest BCUT2D eigenvalue weighted by molar-refractivity contribution is -0.384. The number of nitro benzene ring substituents is 1. The molecule has 0 spiro atoms. The number of anilines is 1. The van der Waals surface area contributed by atoms with Gasteiger partial charge >= 0.3 is 5.97 Å². The summed E-state index contributed by atoms with van der Waals surface area (Å²) in [6.45, 7) is 1.58. The SMILES string of the molecule is O=C(OC1c2ccccc2-c2ccccc21)c1ccc(N2CCCCC2)c([N+](=O)[O-])c1. The summed E-state index contributed by atoms with van der Waals surface area (Å²) in [5, 5.41) is 11.7. The van der Waals surface area contributed by atoms with Gasteiger partial charge in [0.1, 0.15) is 5.69 Å². The quantitative estimate of drug-likeness (QED) is 0.320. The minimum atomic E-state index is -0.565. The number of piperidine rings is 1. The number of ether oxygens (including phenoxy) is 1. The van der Waals surface area contributed by atoms with E-state index in [-0.39, 0.29) is 11.3 Å². The number of hydrogen-bond donors (Lipinski definition) is 0. The Kier molecular flexibility index (Phi) is 4.90. The third-order valence-electron chi connectivity index (χ3n) is 6.11. The lowest BCUT2D eigenvalue weighted by Gasteiger charge is -2.28. The molecule has 1 aliphatic carbocycles. The van der Waals surface area contributed by atoms with Gasteiger partial charge in [-0.3, -0.25) is 10.1 Å². The van der Waals surface area contributed by atoms with E-state index in [2.05, 4.69) is 0 Å². The predicted molar refractivity (Wildman–Crippen MR) is 118 cm³/mol. The summed E-state index contributed by atoms with van der Waals surface area (Å²) in [5.41, 5.74) is 4.65. The first-order valence-corrected chi connectivity index (χ1v) is 10.6. The van der Waals surface area contributed by atoms with Crippen molar-refractivity contribution in [2.75, 3.05) is 18.0 Å². The smallest absolute Gasteiger partial charge is 0.339 e. The Morgan fingerprint density at radius 2 is 1.52 bits per heavy atom. The van der Waals surface area contributed by atoms with Crippen LogP contribution in [0.4, 0.5) is 11.4 Å². The summed E-state index contributed by atoms with van der Waals surface area (Å²) < 4.78 is 5.90. The number of hydrogen-bond acceptors (Lipinski definition) is 5. The standard InChI is InChI=1S/C25H22N2O4/c28-25(17-12-13-22(23(16-17)27(29)30)26-14-6-1-7-15-26)31-24-20-10-4-2-8-18(20)19-9-3-5-11-21(19)24/h2-5,8-13,16,24H,1,6-7,14-15H2. The molecule has 6 heteroatoms. The van der Waals surface area contributed by atoms with E-state index in [0.29, 0.717) is 5.69 Å². The van der Waals surface area contributed by atoms with Crippen molar-refractivity contribution in [3.8, 4) is 11.1 Å². The van der Waals surface area contributed by atoms with Gasteiger partial charge in [-0.2, -0.15) is 0 Å². The Morgan fingerprint density at radius 1 is 0.903 bits per heavy atom. The summed E-state index contributed by atoms with van der Waals surface area (Å²) in [7, 11) is 0. The average Bonchev–Trinajstić information content (AvgIpc) is 3.13. The number of benzene rings is 3. The molecule has 2 aliphatic rings. The Balaban J connectivity index is 1.46. The first-order chi connectivity index (χ1) is 15.1. The molecule has 6 nitrogen and oxygen atoms in total. The lowest BCUT2D eigenvalue weighted by Crippen LogP contribution is -2.30. The molecule has 0 atom stereocenters. The molecule has 1 saturated heterocycles. The van der Waals surface area contributed by atoms with E-state index < -0.39 is 17.0 Å². The van der Waals surface area contributed by atoms with Crippen LogP contribution in [-0.2, 0) is 4.74 Å². The number of carbonyl (C=O) groups is 1. The fraction of sp³-hybridized carbons (Fsp3) is 0.240. The highest BCUT2D eigenvalue weighted by Crippen LogP contribution is 2.45. The van der Waals surface area contributed by atoms with Gasteiger partial charge < -0.3 is 9.64 Å². The van der Waals surface area contributed by atoms with E-state index in [9.17, 15) is 14.9 Å². The first-order valence-electron chi connectivity index (χ1n) is 10.6. The van der Waals surface area contributed by atoms with Crippen LogP contribution in [0, 0.1) is 10.1 Å². The minimum absolute atomic E-state index is 0.0522. The third kappa shape index (κ3) is 3.44. The van der Waals surface area contributed by atoms with E-state index >= 15 is 0 Å². The van der Waals surface area contributed by atoms with Gasteiger partial charge in [-0.1, -0.05) is 48.5 Å². The van der Waals surface area contributed by atoms with Crippen molar-refractivity contribution in [1.29, 1.82) is 0 Å². The summed E-state index contributed by atoms with van der Waals surface area (Å²) in [5.74, 6) is -0.565. The first kappa shape index (κ1) is 19.3. The molecule has 1 aliphatic heterocycles. The van der Waals surface area contributed by atoms with Gasteiger partial charge in [-0.05, 0) is 42.5 Å². The maximum Gasteiger partial charge on any atom is 0.339 e. The third-order valence-corrected chi connectivity index (χ3v) is 6.11. The van der Waals surface area contributed by atoms with Crippen LogP contribution in [-0.4, -0.2) is 24.0 Å². The van der Waals surface area contributed by atoms with Crippen LogP contribution >= 0.6 is 0 Å². The van der Waals surface area contributed by atoms with Gasteiger partial charge in [0.2, 0.25) is 0 Å². The van der Waals surface area contributed by atoms with Crippen LogP contribution in [0.25, 0.3) is 11.1 Å². The second kappa shape index (κ2) is 7.87. The maximum atomic E-state index is 13.0. The molecule has 0 N–H and O–H groups in total. The van der Waals surface area contributed by atoms with E-state index in [4.69, 9.17) is 4.74 Å². The number of nitrogens with zero attached hydrogens (tertiary/aromatic N) is 2. The number of carbonyl (C=O) groups excluding carboxylic acids is 1. The monoisotopic (exact) mass is 414 g/mol. The highest BCUT2D eigenvalue weighted by atomic mass is 16.6. The van der Waals surface area contributed by atoms with Crippen molar-refractivity contribution in [3.05, 3.63) is 93.5 Å². The molecule has 3 aromatic rings. The van der Waals surface area contributed by atoms with Crippen LogP contribution in [0.1, 0.15) is 46.9 Å². The van der Waals surface area contributed by atoms with Crippen molar-refractivity contribution >= 4 is 17.3 Å². The van der Waals surface area contributed by atoms with Crippen LogP contribution < -0.4 is 4.90 Å². The molecule has 0 saturated carbocycles. The molecule has 1 fully saturated rings. The van der Waals surface area contributed by atoms with Crippen LogP contribution in [0.3, 0.4) is 0 Å². The Bertz CT molecular complexity index is 1120. The number of esters is 1. The van der Waals surface area contributed by atoms with Gasteiger partial charge in [0.05, 0.1) is 10.5 Å². The molecule has 31 heavy (non-hydrogen) atoms. The highest BCUT2D eigenvalue weighted by Gasteiger charge is 2.32. The van der Waals surface area contributed by atoms with Crippen LogP contribution in [0.2, 0.25) is 0 Å². The molecule has 156 valence electrons. The van der Waals surface area contributed by atoms with E-state index in [1.807, 2.05) is 53.4 Å². The molecule has 0 bridgehead atoms. The Hall–Kier alpha value is -3.67. The fourth-order valence-corrected chi connectivity index (χ4v) is 4.61. The number of rotatable bonds is 4. The van der Waals surface area contributed by atoms with Crippen LogP contribution in [0.15, 0.2) is 66.7 Å². The van der Waals surface area contributed by atoms with Crippen molar-refractivity contribution in [1.82, 2.24) is 0 Å². The fourth-order valence-electron chi connectivity index (χ4n) is 4.61. The molecule has 3 aromatic carbocycles. The molecule has 0 radical (unpaired) electrons. The van der Waals surface area contributed by atoms with Crippen molar-refractivity contribution in [2.45, 2.75) is 25.4 Å². The van der Waals surface area contributed by atoms with E-state index in [1.54, 1.807) is 12.1 Å². The van der Waals surface area contributed by atoms with E-state index in [0.717, 1.165) is 54.6 Å². The zero-order chi connectivity index (χ0) is 21.4. The summed E-state index contributed by atoms with van der Waals surface area (Å²) in [6.07, 6.45) is 2.64. The van der Waals surface area contributed by atoms with Crippen molar-refractivity contribution in [3.63, 3.8) is 0 Å². The predicted octanol–water partition coefficient (Wildman–Crippen LogP) is 5.51. The molecule has 1 heterocycles. The van der Waals surface area contributed by atoms with Gasteiger partial charge in [-0.15, -0.1) is 0 Å². The zero-order valence-corrected chi connectivity index (χ0v) is 17.0. The molecule has 0 aromatic heterocycles. The van der Waals surface area contributed by atoms with Crippen molar-refractivity contribution in [2.24, 2.45) is 0 Å². The second-order valence-electron chi connectivity index (χ2n) is 7.97. The summed E-state index contributed by atoms with van der Waals surface area (Å²) in [6, 6.07) is 20.4. The van der Waals surface area contributed by atoms with Crippen LogP contribution in [0.5, 0.6) is 0 Å². The summed E-state index contributed by atoms with van der Waals surface area (Å²) in [4.78, 5) is 26.4.